The van der Waals surface area contributed by atoms with Gasteiger partial charge in [-0.05, 0) is 30.5 Å². The molecule has 3 nitrogen and oxygen atoms in total. The number of nitrogens with one attached hydrogen (secondary N) is 1. The van der Waals surface area contributed by atoms with Crippen molar-refractivity contribution in [1.29, 1.82) is 0 Å². The molecule has 1 N–H and O–H groups in total. The average molecular weight is 255 g/mol. The Hall–Kier alpha value is -1.61. The zero-order valence-electron chi connectivity index (χ0n) is 11.5. The third kappa shape index (κ3) is 2.87. The number of aryl methyl sites for hydroxylation is 1. The molecule has 3 rings (SSSR count). The smallest absolute Gasteiger partial charge is 0.112 e. The third-order valence-electron chi connectivity index (χ3n) is 3.98. The van der Waals surface area contributed by atoms with Crippen molar-refractivity contribution in [3.8, 4) is 0 Å². The number of benzene rings is 1. The van der Waals surface area contributed by atoms with Gasteiger partial charge in [-0.25, -0.2) is 4.98 Å². The molecule has 2 aromatic rings. The van der Waals surface area contributed by atoms with Crippen LogP contribution in [-0.4, -0.2) is 16.1 Å². The molecule has 1 aromatic carbocycles. The van der Waals surface area contributed by atoms with Gasteiger partial charge in [0.05, 0.1) is 0 Å². The van der Waals surface area contributed by atoms with Crippen LogP contribution in [0, 0.1) is 0 Å². The van der Waals surface area contributed by atoms with Crippen LogP contribution in [0.3, 0.4) is 0 Å². The number of imidazole rings is 1. The van der Waals surface area contributed by atoms with Gasteiger partial charge in [-0.2, -0.15) is 0 Å². The van der Waals surface area contributed by atoms with Crippen molar-refractivity contribution >= 4 is 0 Å². The number of nitrogens with zero attached hydrogens (tertiary/aromatic N) is 2. The van der Waals surface area contributed by atoms with E-state index in [1.165, 1.54) is 30.4 Å². The monoisotopic (exact) mass is 255 g/mol. The number of hydrogen-bond donors (Lipinski definition) is 1. The Bertz CT molecular complexity index is 521. The van der Waals surface area contributed by atoms with Crippen molar-refractivity contribution < 1.29 is 0 Å². The Morgan fingerprint density at radius 3 is 2.74 bits per heavy atom. The summed E-state index contributed by atoms with van der Waals surface area (Å²) >= 11 is 0. The molecule has 1 aliphatic rings. The first-order valence-electron chi connectivity index (χ1n) is 7.11. The fourth-order valence-corrected chi connectivity index (χ4v) is 2.75. The molecule has 0 saturated carbocycles. The normalized spacial score (nSPS) is 19.5. The third-order valence-corrected chi connectivity index (χ3v) is 3.98. The molecule has 19 heavy (non-hydrogen) atoms. The fourth-order valence-electron chi connectivity index (χ4n) is 2.75. The van der Waals surface area contributed by atoms with Crippen LogP contribution in [0.2, 0.25) is 0 Å². The second-order valence-corrected chi connectivity index (χ2v) is 5.38. The molecule has 1 aromatic heterocycles. The maximum absolute atomic E-state index is 4.37. The highest BCUT2D eigenvalue weighted by Gasteiger charge is 2.14. The Morgan fingerprint density at radius 1 is 1.26 bits per heavy atom. The molecule has 1 unspecified atom stereocenters. The summed E-state index contributed by atoms with van der Waals surface area (Å²) in [5.74, 6) is 1.11. The van der Waals surface area contributed by atoms with Crippen LogP contribution in [0.1, 0.15) is 42.3 Å². The van der Waals surface area contributed by atoms with Crippen molar-refractivity contribution in [3.63, 3.8) is 0 Å². The molecule has 0 bridgehead atoms. The molecule has 0 aliphatic carbocycles. The van der Waals surface area contributed by atoms with Crippen LogP contribution in [0.5, 0.6) is 0 Å². The molecule has 1 atom stereocenters. The van der Waals surface area contributed by atoms with Crippen molar-refractivity contribution in [2.75, 3.05) is 6.54 Å². The van der Waals surface area contributed by atoms with Crippen LogP contribution < -0.4 is 5.32 Å². The SMILES string of the molecule is Cn1ccnc1Cc1ccc(C2CCCCN2)cc1. The molecule has 0 radical (unpaired) electrons. The number of hydrogen-bond acceptors (Lipinski definition) is 2. The second-order valence-electron chi connectivity index (χ2n) is 5.38. The van der Waals surface area contributed by atoms with Gasteiger partial charge in [0, 0.05) is 31.9 Å². The summed E-state index contributed by atoms with van der Waals surface area (Å²) in [6.07, 6.45) is 8.67. The summed E-state index contributed by atoms with van der Waals surface area (Å²) in [5.41, 5.74) is 2.75. The van der Waals surface area contributed by atoms with Crippen molar-refractivity contribution in [2.24, 2.45) is 7.05 Å². The molecule has 3 heteroatoms. The first kappa shape index (κ1) is 12.4. The van der Waals surface area contributed by atoms with Crippen LogP contribution in [-0.2, 0) is 13.5 Å². The predicted molar refractivity (Wildman–Crippen MR) is 77.1 cm³/mol. The van der Waals surface area contributed by atoms with Gasteiger partial charge in [0.25, 0.3) is 0 Å². The summed E-state index contributed by atoms with van der Waals surface area (Å²) in [5, 5.41) is 3.59. The highest BCUT2D eigenvalue weighted by atomic mass is 15.0. The summed E-state index contributed by atoms with van der Waals surface area (Å²) in [6, 6.07) is 9.55. The van der Waals surface area contributed by atoms with Crippen LogP contribution in [0.25, 0.3) is 0 Å². The summed E-state index contributed by atoms with van der Waals surface area (Å²) < 4.78 is 2.08. The van der Waals surface area contributed by atoms with E-state index in [9.17, 15) is 0 Å². The maximum Gasteiger partial charge on any atom is 0.112 e. The van der Waals surface area contributed by atoms with Crippen molar-refractivity contribution in [2.45, 2.75) is 31.7 Å². The minimum atomic E-state index is 0.552. The Labute approximate surface area is 114 Å². The lowest BCUT2D eigenvalue weighted by Gasteiger charge is -2.23. The number of rotatable bonds is 3. The van der Waals surface area contributed by atoms with Crippen LogP contribution in [0.15, 0.2) is 36.7 Å². The lowest BCUT2D eigenvalue weighted by Crippen LogP contribution is -2.26. The predicted octanol–water partition coefficient (Wildman–Crippen LogP) is 2.83. The van der Waals surface area contributed by atoms with E-state index < -0.39 is 0 Å². The first-order chi connectivity index (χ1) is 9.33. The number of piperidine rings is 1. The van der Waals surface area contributed by atoms with Gasteiger partial charge >= 0.3 is 0 Å². The Balaban J connectivity index is 1.70. The van der Waals surface area contributed by atoms with E-state index >= 15 is 0 Å². The first-order valence-corrected chi connectivity index (χ1v) is 7.11. The molecule has 1 saturated heterocycles. The van der Waals surface area contributed by atoms with Gasteiger partial charge in [-0.15, -0.1) is 0 Å². The topological polar surface area (TPSA) is 29.9 Å². The molecule has 1 aliphatic heterocycles. The maximum atomic E-state index is 4.37. The van der Waals surface area contributed by atoms with Gasteiger partial charge in [0.1, 0.15) is 5.82 Å². The Kier molecular flexibility index (Phi) is 3.65. The van der Waals surface area contributed by atoms with E-state index in [2.05, 4.69) is 39.1 Å². The lowest BCUT2D eigenvalue weighted by atomic mass is 9.96. The molecule has 2 heterocycles. The van der Waals surface area contributed by atoms with Crippen LogP contribution >= 0.6 is 0 Å². The summed E-state index contributed by atoms with van der Waals surface area (Å²) in [4.78, 5) is 4.37. The van der Waals surface area contributed by atoms with E-state index in [1.807, 2.05) is 19.4 Å². The molecular weight excluding hydrogens is 234 g/mol. The van der Waals surface area contributed by atoms with Gasteiger partial charge in [-0.3, -0.25) is 0 Å². The minimum absolute atomic E-state index is 0.552. The minimum Gasteiger partial charge on any atom is -0.338 e. The van der Waals surface area contributed by atoms with E-state index in [1.54, 1.807) is 0 Å². The van der Waals surface area contributed by atoms with Gasteiger partial charge in [-0.1, -0.05) is 30.7 Å². The van der Waals surface area contributed by atoms with Gasteiger partial charge in [0.15, 0.2) is 0 Å². The van der Waals surface area contributed by atoms with E-state index in [4.69, 9.17) is 0 Å². The van der Waals surface area contributed by atoms with Crippen LogP contribution in [0.4, 0.5) is 0 Å². The van der Waals surface area contributed by atoms with E-state index in [0.29, 0.717) is 6.04 Å². The van der Waals surface area contributed by atoms with Crippen molar-refractivity contribution in [1.82, 2.24) is 14.9 Å². The van der Waals surface area contributed by atoms with E-state index in [0.717, 1.165) is 18.8 Å². The highest BCUT2D eigenvalue weighted by molar-refractivity contribution is 5.27. The zero-order valence-corrected chi connectivity index (χ0v) is 11.5. The summed E-state index contributed by atoms with van der Waals surface area (Å²) in [6.45, 7) is 1.15. The average Bonchev–Trinajstić information content (AvgIpc) is 2.86. The van der Waals surface area contributed by atoms with Crippen molar-refractivity contribution in [3.05, 3.63) is 53.6 Å². The molecular formula is C16H21N3. The highest BCUT2D eigenvalue weighted by Crippen LogP contribution is 2.23. The largest absolute Gasteiger partial charge is 0.338 e. The zero-order chi connectivity index (χ0) is 13.1. The second kappa shape index (κ2) is 5.57. The Morgan fingerprint density at radius 2 is 2.11 bits per heavy atom. The summed E-state index contributed by atoms with van der Waals surface area (Å²) in [7, 11) is 2.04. The number of aromatic nitrogens is 2. The van der Waals surface area contributed by atoms with Gasteiger partial charge in [0.2, 0.25) is 0 Å². The molecule has 0 amide bonds. The molecule has 100 valence electrons. The lowest BCUT2D eigenvalue weighted by molar-refractivity contribution is 0.412. The van der Waals surface area contributed by atoms with Gasteiger partial charge < -0.3 is 9.88 Å². The molecule has 0 spiro atoms. The fraction of sp³-hybridized carbons (Fsp3) is 0.438. The van der Waals surface area contributed by atoms with E-state index in [-0.39, 0.29) is 0 Å². The molecule has 1 fully saturated rings. The quantitative estimate of drug-likeness (QED) is 0.914. The standard InChI is InChI=1S/C16H21N3/c1-19-11-10-18-16(19)12-13-5-7-14(8-6-13)15-4-2-3-9-17-15/h5-8,10-11,15,17H,2-4,9,12H2,1H3.